The molecule has 0 atom stereocenters. The molecule has 0 aromatic rings. The molecule has 3 nitrogen and oxygen atoms in total. The molecule has 0 unspecified atom stereocenters. The van der Waals surface area contributed by atoms with Gasteiger partial charge < -0.3 is 10.1 Å². The highest BCUT2D eigenvalue weighted by Crippen LogP contribution is 2.09. The van der Waals surface area contributed by atoms with E-state index >= 15 is 0 Å². The molecule has 0 aliphatic carbocycles. The van der Waals surface area contributed by atoms with E-state index in [1.807, 2.05) is 32.9 Å². The Bertz CT molecular complexity index is 409. The lowest BCUT2D eigenvalue weighted by Gasteiger charge is -2.23. The number of rotatable bonds is 5. The third kappa shape index (κ3) is 8.83. The molecule has 0 bridgehead atoms. The van der Waals surface area contributed by atoms with Gasteiger partial charge in [0.2, 0.25) is 5.91 Å². The van der Waals surface area contributed by atoms with Crippen molar-refractivity contribution in [3.05, 3.63) is 34.9 Å². The van der Waals surface area contributed by atoms with Gasteiger partial charge in [-0.2, -0.15) is 0 Å². The summed E-state index contributed by atoms with van der Waals surface area (Å²) in [5, 5.41) is 3.07. The molecular weight excluding hydrogens is 274 g/mol. The first-order valence-corrected chi connectivity index (χ1v) is 8.44. The van der Waals surface area contributed by atoms with Crippen molar-refractivity contribution in [1.29, 1.82) is 0 Å². The standard InChI is InChI=1S/C17H27NO2.C2H6/c1-5-15(12-13(2)3)7-6-14(4)17(19)18-16-8-10-20-11-9-16;1-2/h6-7,12,16H,5,8-11H2,1-4H3,(H,18,19);1-2H3/b14-6+,15-7-;. The number of carbonyl (C=O) groups excluding carboxylic acids is 1. The molecule has 1 aliphatic rings. The van der Waals surface area contributed by atoms with Gasteiger partial charge >= 0.3 is 0 Å². The average Bonchev–Trinajstić information content (AvgIpc) is 2.53. The predicted molar refractivity (Wildman–Crippen MR) is 94.9 cm³/mol. The summed E-state index contributed by atoms with van der Waals surface area (Å²) in [6.07, 6.45) is 8.88. The van der Waals surface area contributed by atoms with Crippen LogP contribution < -0.4 is 5.32 Å². The first-order valence-electron chi connectivity index (χ1n) is 8.44. The van der Waals surface area contributed by atoms with Crippen LogP contribution in [0.1, 0.15) is 60.8 Å². The lowest BCUT2D eigenvalue weighted by molar-refractivity contribution is -0.118. The van der Waals surface area contributed by atoms with Crippen LogP contribution in [-0.2, 0) is 9.53 Å². The topological polar surface area (TPSA) is 38.3 Å². The van der Waals surface area contributed by atoms with E-state index in [-0.39, 0.29) is 11.9 Å². The van der Waals surface area contributed by atoms with Gasteiger partial charge in [-0.25, -0.2) is 0 Å². The highest BCUT2D eigenvalue weighted by atomic mass is 16.5. The number of amides is 1. The Hall–Kier alpha value is -1.35. The van der Waals surface area contributed by atoms with Crippen LogP contribution in [0.25, 0.3) is 0 Å². The lowest BCUT2D eigenvalue weighted by Crippen LogP contribution is -2.39. The van der Waals surface area contributed by atoms with E-state index in [1.54, 1.807) is 0 Å². The third-order valence-electron chi connectivity index (χ3n) is 3.34. The molecule has 1 fully saturated rings. The fraction of sp³-hybridized carbons (Fsp3) is 0.632. The summed E-state index contributed by atoms with van der Waals surface area (Å²) in [6, 6.07) is 0.256. The van der Waals surface area contributed by atoms with Crippen LogP contribution in [0.4, 0.5) is 0 Å². The molecule has 1 aliphatic heterocycles. The van der Waals surface area contributed by atoms with E-state index in [4.69, 9.17) is 4.74 Å². The molecular formula is C19H33NO2. The van der Waals surface area contributed by atoms with Gasteiger partial charge in [-0.15, -0.1) is 0 Å². The molecule has 126 valence electrons. The molecule has 1 heterocycles. The van der Waals surface area contributed by atoms with Crippen molar-refractivity contribution >= 4 is 5.91 Å². The molecule has 0 aromatic heterocycles. The van der Waals surface area contributed by atoms with Crippen molar-refractivity contribution < 1.29 is 9.53 Å². The maximum absolute atomic E-state index is 12.1. The van der Waals surface area contributed by atoms with Gasteiger partial charge in [0.1, 0.15) is 0 Å². The summed E-state index contributed by atoms with van der Waals surface area (Å²) in [4.78, 5) is 12.1. The van der Waals surface area contributed by atoms with Gasteiger partial charge in [0.15, 0.2) is 0 Å². The number of allylic oxidation sites excluding steroid dienone is 5. The van der Waals surface area contributed by atoms with Gasteiger partial charge in [0.05, 0.1) is 0 Å². The van der Waals surface area contributed by atoms with Gasteiger partial charge in [0.25, 0.3) is 0 Å². The SMILES string of the molecule is CC.CC/C(C=C(C)C)=C/C=C(\C)C(=O)NC1CCOCC1. The minimum Gasteiger partial charge on any atom is -0.381 e. The van der Waals surface area contributed by atoms with Crippen LogP contribution in [0.15, 0.2) is 34.9 Å². The Labute approximate surface area is 136 Å². The molecule has 0 spiro atoms. The summed E-state index contributed by atoms with van der Waals surface area (Å²) in [7, 11) is 0. The minimum absolute atomic E-state index is 0.0285. The quantitative estimate of drug-likeness (QED) is 0.597. The maximum atomic E-state index is 12.1. The van der Waals surface area contributed by atoms with Crippen molar-refractivity contribution in [3.63, 3.8) is 0 Å². The van der Waals surface area contributed by atoms with Crippen LogP contribution in [0.5, 0.6) is 0 Å². The van der Waals surface area contributed by atoms with E-state index in [9.17, 15) is 4.79 Å². The Balaban J connectivity index is 0.00000211. The predicted octanol–water partition coefficient (Wildman–Crippen LogP) is 4.56. The second-order valence-electron chi connectivity index (χ2n) is 5.53. The van der Waals surface area contributed by atoms with Crippen molar-refractivity contribution in [1.82, 2.24) is 5.32 Å². The average molecular weight is 307 g/mol. The van der Waals surface area contributed by atoms with Crippen molar-refractivity contribution in [2.24, 2.45) is 0 Å². The largest absolute Gasteiger partial charge is 0.381 e. The van der Waals surface area contributed by atoms with Crippen molar-refractivity contribution in [2.75, 3.05) is 13.2 Å². The summed E-state index contributed by atoms with van der Waals surface area (Å²) in [5.74, 6) is 0.0285. The summed E-state index contributed by atoms with van der Waals surface area (Å²) >= 11 is 0. The zero-order chi connectivity index (χ0) is 17.0. The number of nitrogens with one attached hydrogen (secondary N) is 1. The molecule has 1 saturated heterocycles. The highest BCUT2D eigenvalue weighted by Gasteiger charge is 2.16. The third-order valence-corrected chi connectivity index (χ3v) is 3.34. The van der Waals surface area contributed by atoms with Gasteiger partial charge in [-0.3, -0.25) is 4.79 Å². The second kappa shape index (κ2) is 12.2. The van der Waals surface area contributed by atoms with Crippen LogP contribution in [-0.4, -0.2) is 25.2 Å². The summed E-state index contributed by atoms with van der Waals surface area (Å²) in [6.45, 7) is 13.6. The van der Waals surface area contributed by atoms with Crippen LogP contribution in [0.3, 0.4) is 0 Å². The van der Waals surface area contributed by atoms with E-state index in [1.165, 1.54) is 11.1 Å². The Kier molecular flexibility index (Phi) is 11.5. The second-order valence-corrected chi connectivity index (χ2v) is 5.53. The van der Waals surface area contributed by atoms with Crippen molar-refractivity contribution in [3.8, 4) is 0 Å². The van der Waals surface area contributed by atoms with Crippen LogP contribution in [0, 0.1) is 0 Å². The van der Waals surface area contributed by atoms with E-state index in [2.05, 4.69) is 32.2 Å². The van der Waals surface area contributed by atoms with Crippen molar-refractivity contribution in [2.45, 2.75) is 66.8 Å². The molecule has 1 rings (SSSR count). The first-order chi connectivity index (χ1) is 10.5. The molecule has 22 heavy (non-hydrogen) atoms. The van der Waals surface area contributed by atoms with Gasteiger partial charge in [0, 0.05) is 24.8 Å². The Morgan fingerprint density at radius 3 is 2.23 bits per heavy atom. The highest BCUT2D eigenvalue weighted by molar-refractivity contribution is 5.93. The summed E-state index contributed by atoms with van der Waals surface area (Å²) in [5.41, 5.74) is 3.27. The maximum Gasteiger partial charge on any atom is 0.247 e. The van der Waals surface area contributed by atoms with E-state index in [0.29, 0.717) is 0 Å². The Morgan fingerprint density at radius 2 is 1.73 bits per heavy atom. The fourth-order valence-electron chi connectivity index (χ4n) is 2.09. The smallest absolute Gasteiger partial charge is 0.247 e. The molecule has 1 N–H and O–H groups in total. The number of hydrogen-bond donors (Lipinski definition) is 1. The van der Waals surface area contributed by atoms with Crippen LogP contribution >= 0.6 is 0 Å². The number of ether oxygens (including phenoxy) is 1. The fourth-order valence-corrected chi connectivity index (χ4v) is 2.09. The molecule has 0 saturated carbocycles. The zero-order valence-corrected chi connectivity index (χ0v) is 15.2. The first kappa shape index (κ1) is 20.6. The van der Waals surface area contributed by atoms with Crippen LogP contribution in [0.2, 0.25) is 0 Å². The summed E-state index contributed by atoms with van der Waals surface area (Å²) < 4.78 is 5.29. The van der Waals surface area contributed by atoms with Gasteiger partial charge in [-0.05, 0) is 45.6 Å². The Morgan fingerprint density at radius 1 is 1.14 bits per heavy atom. The monoisotopic (exact) mass is 307 g/mol. The number of carbonyl (C=O) groups is 1. The van der Waals surface area contributed by atoms with E-state index in [0.717, 1.165) is 38.0 Å². The van der Waals surface area contributed by atoms with E-state index < -0.39 is 0 Å². The zero-order valence-electron chi connectivity index (χ0n) is 15.2. The molecule has 3 heteroatoms. The molecule has 0 aromatic carbocycles. The minimum atomic E-state index is 0.0285. The number of hydrogen-bond acceptors (Lipinski definition) is 2. The normalized spacial score (nSPS) is 16.5. The van der Waals surface area contributed by atoms with Gasteiger partial charge in [-0.1, -0.05) is 44.6 Å². The molecule has 1 amide bonds. The molecule has 0 radical (unpaired) electrons. The lowest BCUT2D eigenvalue weighted by atomic mass is 10.1.